The summed E-state index contributed by atoms with van der Waals surface area (Å²) in [6.45, 7) is 8.81. The van der Waals surface area contributed by atoms with Crippen LogP contribution in [-0.2, 0) is 16.1 Å². The van der Waals surface area contributed by atoms with Crippen LogP contribution in [0, 0.1) is 11.8 Å². The van der Waals surface area contributed by atoms with Crippen LogP contribution >= 0.6 is 0 Å². The molecule has 0 bridgehead atoms. The normalized spacial score (nSPS) is 24.8. The molecule has 24 heavy (non-hydrogen) atoms. The van der Waals surface area contributed by atoms with E-state index in [1.54, 1.807) is 4.90 Å². The maximum atomic E-state index is 12.5. The fraction of sp³-hybridized carbons (Fsp3) is 0.579. The van der Waals surface area contributed by atoms with Gasteiger partial charge in [-0.25, -0.2) is 4.79 Å². The van der Waals surface area contributed by atoms with Crippen LogP contribution in [0.2, 0.25) is 0 Å². The molecular formula is C19H26N2O3. The number of carbonyl (C=O) groups is 2. The molecule has 3 rings (SSSR count). The van der Waals surface area contributed by atoms with Crippen LogP contribution in [-0.4, -0.2) is 53.5 Å². The molecule has 0 saturated carbocycles. The van der Waals surface area contributed by atoms with Gasteiger partial charge in [0.25, 0.3) is 0 Å². The highest BCUT2D eigenvalue weighted by Gasteiger charge is 2.43. The zero-order chi connectivity index (χ0) is 17.3. The number of hydrogen-bond acceptors (Lipinski definition) is 4. The van der Waals surface area contributed by atoms with E-state index in [4.69, 9.17) is 4.74 Å². The topological polar surface area (TPSA) is 49.9 Å². The first-order chi connectivity index (χ1) is 11.3. The second-order valence-electron chi connectivity index (χ2n) is 7.87. The molecule has 0 aromatic heterocycles. The zero-order valence-electron chi connectivity index (χ0n) is 14.7. The Morgan fingerprint density at radius 1 is 1.17 bits per heavy atom. The summed E-state index contributed by atoms with van der Waals surface area (Å²) in [5.41, 5.74) is 0.721. The smallest absolute Gasteiger partial charge is 0.410 e. The highest BCUT2D eigenvalue weighted by molar-refractivity contribution is 5.88. The van der Waals surface area contributed by atoms with Gasteiger partial charge < -0.3 is 9.64 Å². The lowest BCUT2D eigenvalue weighted by molar-refractivity contribution is -0.127. The Kier molecular flexibility index (Phi) is 4.63. The minimum Gasteiger partial charge on any atom is -0.444 e. The van der Waals surface area contributed by atoms with Crippen molar-refractivity contribution in [3.05, 3.63) is 35.9 Å². The number of hydrogen-bond donors (Lipinski definition) is 0. The summed E-state index contributed by atoms with van der Waals surface area (Å²) in [5.74, 6) is 0.419. The van der Waals surface area contributed by atoms with Crippen molar-refractivity contribution in [1.82, 2.24) is 9.80 Å². The van der Waals surface area contributed by atoms with Crippen LogP contribution in [0.3, 0.4) is 0 Å². The van der Waals surface area contributed by atoms with Crippen LogP contribution in [0.5, 0.6) is 0 Å². The fourth-order valence-corrected chi connectivity index (χ4v) is 3.60. The molecule has 1 aromatic carbocycles. The van der Waals surface area contributed by atoms with E-state index < -0.39 is 5.60 Å². The molecule has 2 atom stereocenters. The van der Waals surface area contributed by atoms with E-state index in [2.05, 4.69) is 17.0 Å². The van der Waals surface area contributed by atoms with Crippen LogP contribution in [0.4, 0.5) is 4.79 Å². The summed E-state index contributed by atoms with van der Waals surface area (Å²) < 4.78 is 5.42. The first-order valence-corrected chi connectivity index (χ1v) is 8.59. The highest BCUT2D eigenvalue weighted by Crippen LogP contribution is 2.30. The quantitative estimate of drug-likeness (QED) is 0.836. The Balaban J connectivity index is 1.62. The Bertz CT molecular complexity index is 609. The molecule has 0 N–H and O–H groups in total. The summed E-state index contributed by atoms with van der Waals surface area (Å²) in [6, 6.07) is 10.3. The summed E-state index contributed by atoms with van der Waals surface area (Å²) in [7, 11) is 0. The number of carbonyl (C=O) groups excluding carboxylic acids is 2. The second-order valence-corrected chi connectivity index (χ2v) is 7.87. The lowest BCUT2D eigenvalue weighted by atomic mass is 9.88. The van der Waals surface area contributed by atoms with Gasteiger partial charge in [0.05, 0.1) is 6.54 Å². The van der Waals surface area contributed by atoms with Crippen molar-refractivity contribution in [1.29, 1.82) is 0 Å². The molecule has 0 spiro atoms. The number of amides is 1. The van der Waals surface area contributed by atoms with Gasteiger partial charge in [-0.15, -0.1) is 0 Å². The standard InChI is InChI=1S/C19H26N2O3/c1-19(2,3)24-18(23)21-11-15-10-20(12-16(15)17(22)13-21)9-14-7-5-4-6-8-14/h4-8,15-16H,9-13H2,1-3H3. The minimum atomic E-state index is -0.536. The van der Waals surface area contributed by atoms with Crippen molar-refractivity contribution in [2.75, 3.05) is 26.2 Å². The summed E-state index contributed by atoms with van der Waals surface area (Å²) in [6.07, 6.45) is -0.379. The molecule has 0 aliphatic carbocycles. The molecule has 2 saturated heterocycles. The van der Waals surface area contributed by atoms with E-state index in [0.717, 1.165) is 19.6 Å². The number of ether oxygens (including phenoxy) is 1. The van der Waals surface area contributed by atoms with E-state index in [9.17, 15) is 9.59 Å². The second kappa shape index (κ2) is 6.55. The van der Waals surface area contributed by atoms with Crippen LogP contribution in [0.15, 0.2) is 30.3 Å². The van der Waals surface area contributed by atoms with Crippen molar-refractivity contribution in [3.8, 4) is 0 Å². The molecule has 1 amide bonds. The molecule has 2 aliphatic heterocycles. The number of nitrogens with zero attached hydrogens (tertiary/aromatic N) is 2. The monoisotopic (exact) mass is 330 g/mol. The molecule has 0 radical (unpaired) electrons. The van der Waals surface area contributed by atoms with E-state index >= 15 is 0 Å². The molecule has 130 valence electrons. The average molecular weight is 330 g/mol. The third kappa shape index (κ3) is 3.96. The number of likely N-dealkylation sites (tertiary alicyclic amines) is 2. The van der Waals surface area contributed by atoms with Crippen molar-refractivity contribution >= 4 is 11.9 Å². The van der Waals surface area contributed by atoms with Crippen LogP contribution < -0.4 is 0 Å². The molecule has 1 aromatic rings. The third-order valence-electron chi connectivity index (χ3n) is 4.63. The van der Waals surface area contributed by atoms with Crippen molar-refractivity contribution in [2.45, 2.75) is 32.9 Å². The maximum absolute atomic E-state index is 12.5. The summed E-state index contributed by atoms with van der Waals surface area (Å²) in [5, 5.41) is 0. The first kappa shape index (κ1) is 17.0. The van der Waals surface area contributed by atoms with Crippen LogP contribution in [0.1, 0.15) is 26.3 Å². The Hall–Kier alpha value is -1.88. The average Bonchev–Trinajstić information content (AvgIpc) is 2.89. The predicted octanol–water partition coefficient (Wildman–Crippen LogP) is 2.55. The lowest BCUT2D eigenvalue weighted by Crippen LogP contribution is -2.50. The minimum absolute atomic E-state index is 0.0485. The first-order valence-electron chi connectivity index (χ1n) is 8.59. The van der Waals surface area contributed by atoms with Gasteiger partial charge in [0, 0.05) is 38.0 Å². The van der Waals surface area contributed by atoms with Crippen molar-refractivity contribution < 1.29 is 14.3 Å². The highest BCUT2D eigenvalue weighted by atomic mass is 16.6. The van der Waals surface area contributed by atoms with Gasteiger partial charge in [-0.1, -0.05) is 30.3 Å². The van der Waals surface area contributed by atoms with Gasteiger partial charge in [-0.2, -0.15) is 0 Å². The van der Waals surface area contributed by atoms with Crippen molar-refractivity contribution in [2.24, 2.45) is 11.8 Å². The lowest BCUT2D eigenvalue weighted by Gasteiger charge is -2.34. The fourth-order valence-electron chi connectivity index (χ4n) is 3.60. The van der Waals surface area contributed by atoms with E-state index in [1.807, 2.05) is 39.0 Å². The number of benzene rings is 1. The molecule has 2 fully saturated rings. The van der Waals surface area contributed by atoms with Crippen LogP contribution in [0.25, 0.3) is 0 Å². The molecule has 2 heterocycles. The molecule has 2 unspecified atom stereocenters. The SMILES string of the molecule is CC(C)(C)OC(=O)N1CC(=O)C2CN(Cc3ccccc3)CC2C1. The van der Waals surface area contributed by atoms with E-state index in [-0.39, 0.29) is 30.3 Å². The van der Waals surface area contributed by atoms with Gasteiger partial charge >= 0.3 is 6.09 Å². The number of piperidine rings is 1. The third-order valence-corrected chi connectivity index (χ3v) is 4.63. The Labute approximate surface area is 143 Å². The van der Waals surface area contributed by atoms with Gasteiger partial charge in [-0.3, -0.25) is 9.69 Å². The van der Waals surface area contributed by atoms with Crippen molar-refractivity contribution in [3.63, 3.8) is 0 Å². The number of ketones is 1. The van der Waals surface area contributed by atoms with Gasteiger partial charge in [0.2, 0.25) is 0 Å². The molecular weight excluding hydrogens is 304 g/mol. The Morgan fingerprint density at radius 2 is 1.88 bits per heavy atom. The molecule has 5 nitrogen and oxygen atoms in total. The zero-order valence-corrected chi connectivity index (χ0v) is 14.7. The summed E-state index contributed by atoms with van der Waals surface area (Å²) in [4.78, 5) is 28.6. The summed E-state index contributed by atoms with van der Waals surface area (Å²) >= 11 is 0. The number of Topliss-reactive ketones (excluding diaryl/α,β-unsaturated/α-hetero) is 1. The largest absolute Gasteiger partial charge is 0.444 e. The predicted molar refractivity (Wildman–Crippen MR) is 91.5 cm³/mol. The van der Waals surface area contributed by atoms with E-state index in [0.29, 0.717) is 6.54 Å². The maximum Gasteiger partial charge on any atom is 0.410 e. The van der Waals surface area contributed by atoms with Gasteiger partial charge in [-0.05, 0) is 26.3 Å². The Morgan fingerprint density at radius 3 is 2.54 bits per heavy atom. The van der Waals surface area contributed by atoms with Gasteiger partial charge in [0.15, 0.2) is 5.78 Å². The number of rotatable bonds is 2. The molecule has 2 aliphatic rings. The number of fused-ring (bicyclic) bond motifs is 1. The van der Waals surface area contributed by atoms with E-state index in [1.165, 1.54) is 5.56 Å². The van der Waals surface area contributed by atoms with Gasteiger partial charge in [0.1, 0.15) is 5.60 Å². The molecule has 5 heteroatoms.